The summed E-state index contributed by atoms with van der Waals surface area (Å²) in [5.41, 5.74) is -0.645. The van der Waals surface area contributed by atoms with Gasteiger partial charge in [0.25, 0.3) is 0 Å². The molecule has 0 aromatic heterocycles. The smallest absolute Gasteiger partial charge is 0.241 e. The van der Waals surface area contributed by atoms with Gasteiger partial charge in [-0.3, -0.25) is 24.2 Å². The Morgan fingerprint density at radius 1 is 1.18 bits per heavy atom. The highest BCUT2D eigenvalue weighted by atomic mass is 35.5. The Bertz CT molecular complexity index is 882. The van der Waals surface area contributed by atoms with Crippen LogP contribution in [0.3, 0.4) is 0 Å². The summed E-state index contributed by atoms with van der Waals surface area (Å²) in [4.78, 5) is 45.7. The molecule has 1 aromatic carbocycles. The summed E-state index contributed by atoms with van der Waals surface area (Å²) in [6.07, 6.45) is 4.52. The zero-order valence-corrected chi connectivity index (χ0v) is 20.2. The van der Waals surface area contributed by atoms with Gasteiger partial charge < -0.3 is 9.64 Å². The van der Waals surface area contributed by atoms with Crippen LogP contribution >= 0.6 is 11.6 Å². The van der Waals surface area contributed by atoms with E-state index in [1.54, 1.807) is 30.1 Å². The molecule has 1 saturated carbocycles. The first-order valence-electron chi connectivity index (χ1n) is 12.1. The van der Waals surface area contributed by atoms with Crippen LogP contribution in [0.2, 0.25) is 5.02 Å². The Kier molecular flexibility index (Phi) is 7.72. The van der Waals surface area contributed by atoms with Gasteiger partial charge in [0.15, 0.2) is 0 Å². The molecule has 3 amide bonds. The average Bonchev–Trinajstić information content (AvgIpc) is 3.41. The molecular formula is C25H34ClN3O4. The molecule has 1 aliphatic carbocycles. The number of amides is 3. The second kappa shape index (κ2) is 10.5. The zero-order valence-electron chi connectivity index (χ0n) is 19.4. The minimum absolute atomic E-state index is 0.000571. The molecule has 0 radical (unpaired) electrons. The SMILES string of the molecule is CN(CCCN1CCOCC1)C(=O)C[C@]1(c2ccccc2Cl)CC(=O)N(C2CCCC2)C1=O. The van der Waals surface area contributed by atoms with E-state index in [0.717, 1.165) is 65.0 Å². The molecule has 1 atom stereocenters. The highest BCUT2D eigenvalue weighted by molar-refractivity contribution is 6.32. The number of likely N-dealkylation sites (tertiary alicyclic amines) is 1. The van der Waals surface area contributed by atoms with Crippen molar-refractivity contribution in [2.75, 3.05) is 46.4 Å². The number of nitrogens with zero attached hydrogens (tertiary/aromatic N) is 3. The molecule has 8 heteroatoms. The Morgan fingerprint density at radius 2 is 1.88 bits per heavy atom. The van der Waals surface area contributed by atoms with Gasteiger partial charge in [-0.1, -0.05) is 42.6 Å². The first-order chi connectivity index (χ1) is 15.9. The van der Waals surface area contributed by atoms with E-state index < -0.39 is 5.41 Å². The summed E-state index contributed by atoms with van der Waals surface area (Å²) in [6, 6.07) is 7.07. The van der Waals surface area contributed by atoms with Crippen molar-refractivity contribution in [2.45, 2.75) is 56.4 Å². The Balaban J connectivity index is 1.50. The van der Waals surface area contributed by atoms with Gasteiger partial charge in [0.1, 0.15) is 0 Å². The van der Waals surface area contributed by atoms with Crippen LogP contribution in [0.15, 0.2) is 24.3 Å². The van der Waals surface area contributed by atoms with E-state index >= 15 is 0 Å². The Morgan fingerprint density at radius 3 is 2.58 bits per heavy atom. The van der Waals surface area contributed by atoms with E-state index in [1.165, 1.54) is 4.90 Å². The zero-order chi connectivity index (χ0) is 23.4. The van der Waals surface area contributed by atoms with E-state index in [-0.39, 0.29) is 36.6 Å². The molecule has 0 N–H and O–H groups in total. The van der Waals surface area contributed by atoms with Gasteiger partial charge in [-0.05, 0) is 30.9 Å². The van der Waals surface area contributed by atoms with Crippen LogP contribution in [0, 0.1) is 0 Å². The first-order valence-corrected chi connectivity index (χ1v) is 12.5. The summed E-state index contributed by atoms with van der Waals surface area (Å²) in [5.74, 6) is -0.580. The molecule has 7 nitrogen and oxygen atoms in total. The number of benzene rings is 1. The van der Waals surface area contributed by atoms with Crippen molar-refractivity contribution >= 4 is 29.3 Å². The van der Waals surface area contributed by atoms with Crippen LogP contribution in [-0.2, 0) is 24.5 Å². The summed E-state index contributed by atoms with van der Waals surface area (Å²) in [5, 5.41) is 0.426. The van der Waals surface area contributed by atoms with Crippen LogP contribution in [0.1, 0.15) is 50.5 Å². The summed E-state index contributed by atoms with van der Waals surface area (Å²) in [6.45, 7) is 4.85. The topological polar surface area (TPSA) is 70.2 Å². The van der Waals surface area contributed by atoms with E-state index in [4.69, 9.17) is 16.3 Å². The molecule has 4 rings (SSSR count). The monoisotopic (exact) mass is 475 g/mol. The van der Waals surface area contributed by atoms with Crippen molar-refractivity contribution in [2.24, 2.45) is 0 Å². The molecule has 2 saturated heterocycles. The van der Waals surface area contributed by atoms with Gasteiger partial charge >= 0.3 is 0 Å². The van der Waals surface area contributed by atoms with Crippen LogP contribution in [0.4, 0.5) is 0 Å². The lowest BCUT2D eigenvalue weighted by molar-refractivity contribution is -0.144. The van der Waals surface area contributed by atoms with Crippen LogP contribution < -0.4 is 0 Å². The molecule has 33 heavy (non-hydrogen) atoms. The molecule has 0 unspecified atom stereocenters. The second-order valence-corrected chi connectivity index (χ2v) is 9.95. The predicted molar refractivity (Wildman–Crippen MR) is 126 cm³/mol. The average molecular weight is 476 g/mol. The highest BCUT2D eigenvalue weighted by Gasteiger charge is 2.56. The maximum Gasteiger partial charge on any atom is 0.241 e. The number of carbonyl (C=O) groups excluding carboxylic acids is 3. The van der Waals surface area contributed by atoms with E-state index in [1.807, 2.05) is 6.07 Å². The molecule has 2 aliphatic heterocycles. The van der Waals surface area contributed by atoms with Crippen LogP contribution in [0.5, 0.6) is 0 Å². The quantitative estimate of drug-likeness (QED) is 0.541. The number of imide groups is 1. The number of halogens is 1. The lowest BCUT2D eigenvalue weighted by Gasteiger charge is -2.31. The number of rotatable bonds is 8. The van der Waals surface area contributed by atoms with Gasteiger partial charge in [-0.2, -0.15) is 0 Å². The summed E-state index contributed by atoms with van der Waals surface area (Å²) < 4.78 is 5.39. The predicted octanol–water partition coefficient (Wildman–Crippen LogP) is 2.85. The molecule has 0 bridgehead atoms. The molecule has 3 aliphatic rings. The van der Waals surface area contributed by atoms with E-state index in [2.05, 4.69) is 4.90 Å². The van der Waals surface area contributed by atoms with Crippen molar-refractivity contribution < 1.29 is 19.1 Å². The minimum atomic E-state index is -1.23. The number of morpholine rings is 1. The van der Waals surface area contributed by atoms with Crippen LogP contribution in [-0.4, -0.2) is 84.9 Å². The van der Waals surface area contributed by atoms with Gasteiger partial charge in [0, 0.05) is 57.1 Å². The van der Waals surface area contributed by atoms with Gasteiger partial charge in [-0.15, -0.1) is 0 Å². The third-order valence-corrected chi connectivity index (χ3v) is 7.71. The number of hydrogen-bond acceptors (Lipinski definition) is 5. The summed E-state index contributed by atoms with van der Waals surface area (Å²) >= 11 is 6.52. The molecular weight excluding hydrogens is 442 g/mol. The lowest BCUT2D eigenvalue weighted by atomic mass is 9.75. The Labute approximate surface area is 201 Å². The fourth-order valence-electron chi connectivity index (χ4n) is 5.46. The third-order valence-electron chi connectivity index (χ3n) is 7.38. The minimum Gasteiger partial charge on any atom is -0.379 e. The second-order valence-electron chi connectivity index (χ2n) is 9.55. The van der Waals surface area contributed by atoms with Gasteiger partial charge in [-0.25, -0.2) is 0 Å². The van der Waals surface area contributed by atoms with Gasteiger partial charge in [0.2, 0.25) is 17.7 Å². The van der Waals surface area contributed by atoms with E-state index in [0.29, 0.717) is 17.1 Å². The van der Waals surface area contributed by atoms with Gasteiger partial charge in [0.05, 0.1) is 18.6 Å². The molecule has 3 fully saturated rings. The summed E-state index contributed by atoms with van der Waals surface area (Å²) in [7, 11) is 1.78. The van der Waals surface area contributed by atoms with Crippen molar-refractivity contribution in [3.8, 4) is 0 Å². The maximum atomic E-state index is 13.8. The lowest BCUT2D eigenvalue weighted by Crippen LogP contribution is -2.46. The fourth-order valence-corrected chi connectivity index (χ4v) is 5.78. The third kappa shape index (κ3) is 5.10. The van der Waals surface area contributed by atoms with Crippen molar-refractivity contribution in [3.63, 3.8) is 0 Å². The Hall–Kier alpha value is -1.96. The highest BCUT2D eigenvalue weighted by Crippen LogP contribution is 2.45. The number of carbonyl (C=O) groups is 3. The largest absolute Gasteiger partial charge is 0.379 e. The normalized spacial score (nSPS) is 24.6. The standard InChI is InChI=1S/C25H34ClN3O4/c1-27(11-6-12-28-13-15-33-16-14-28)22(30)17-25(20-9-4-5-10-21(20)26)18-23(31)29(24(25)32)19-7-2-3-8-19/h4-5,9-10,19H,2-3,6-8,11-18H2,1H3/t25-/m1/s1. The fraction of sp³-hybridized carbons (Fsp3) is 0.640. The number of ether oxygens (including phenoxy) is 1. The van der Waals surface area contributed by atoms with Crippen LogP contribution in [0.25, 0.3) is 0 Å². The first kappa shape index (κ1) is 24.2. The molecule has 2 heterocycles. The number of hydrogen-bond donors (Lipinski definition) is 0. The van der Waals surface area contributed by atoms with Crippen molar-refractivity contribution in [1.82, 2.24) is 14.7 Å². The van der Waals surface area contributed by atoms with E-state index in [9.17, 15) is 14.4 Å². The molecule has 0 spiro atoms. The molecule has 1 aromatic rings. The van der Waals surface area contributed by atoms with Crippen molar-refractivity contribution in [1.29, 1.82) is 0 Å². The van der Waals surface area contributed by atoms with Crippen molar-refractivity contribution in [3.05, 3.63) is 34.9 Å². The maximum absolute atomic E-state index is 13.8. The molecule has 180 valence electrons.